The summed E-state index contributed by atoms with van der Waals surface area (Å²) in [5, 5.41) is 6.01. The molecule has 2 rings (SSSR count). The van der Waals surface area contributed by atoms with Crippen molar-refractivity contribution < 1.29 is 4.79 Å². The number of aryl methyl sites for hydroxylation is 2. The zero-order chi connectivity index (χ0) is 13.7. The lowest BCUT2D eigenvalue weighted by molar-refractivity contribution is -0.121. The number of amides is 1. The Morgan fingerprint density at radius 2 is 2.11 bits per heavy atom. The molecule has 1 amide bonds. The highest BCUT2D eigenvalue weighted by molar-refractivity contribution is 7.09. The second-order valence-electron chi connectivity index (χ2n) is 4.57. The van der Waals surface area contributed by atoms with Gasteiger partial charge >= 0.3 is 0 Å². The van der Waals surface area contributed by atoms with Gasteiger partial charge in [-0.25, -0.2) is 4.98 Å². The molecule has 3 nitrogen and oxygen atoms in total. The van der Waals surface area contributed by atoms with Crippen molar-refractivity contribution in [3.8, 4) is 0 Å². The average molecular weight is 274 g/mol. The smallest absolute Gasteiger partial charge is 0.220 e. The van der Waals surface area contributed by atoms with E-state index in [1.807, 2.05) is 49.6 Å². The van der Waals surface area contributed by atoms with Gasteiger partial charge < -0.3 is 5.32 Å². The Morgan fingerprint density at radius 3 is 2.74 bits per heavy atom. The summed E-state index contributed by atoms with van der Waals surface area (Å²) in [6.07, 6.45) is 1.28. The van der Waals surface area contributed by atoms with Gasteiger partial charge in [0.2, 0.25) is 5.91 Å². The first-order chi connectivity index (χ1) is 9.15. The van der Waals surface area contributed by atoms with E-state index in [-0.39, 0.29) is 11.9 Å². The minimum Gasteiger partial charge on any atom is -0.348 e. The lowest BCUT2D eigenvalue weighted by Crippen LogP contribution is -2.27. The predicted molar refractivity (Wildman–Crippen MR) is 78.2 cm³/mol. The molecule has 19 heavy (non-hydrogen) atoms. The zero-order valence-electron chi connectivity index (χ0n) is 11.2. The number of nitrogens with one attached hydrogen (secondary N) is 1. The van der Waals surface area contributed by atoms with Gasteiger partial charge in [0.15, 0.2) is 0 Å². The second-order valence-corrected chi connectivity index (χ2v) is 5.63. The van der Waals surface area contributed by atoms with Crippen LogP contribution in [0.15, 0.2) is 35.7 Å². The molecule has 0 saturated heterocycles. The molecule has 0 spiro atoms. The lowest BCUT2D eigenvalue weighted by Gasteiger charge is -2.11. The van der Waals surface area contributed by atoms with Crippen LogP contribution in [0.3, 0.4) is 0 Å². The summed E-state index contributed by atoms with van der Waals surface area (Å²) in [6.45, 7) is 3.94. The molecule has 1 heterocycles. The van der Waals surface area contributed by atoms with E-state index < -0.39 is 0 Å². The molecule has 0 saturated carbocycles. The molecule has 1 N–H and O–H groups in total. The van der Waals surface area contributed by atoms with Crippen LogP contribution in [0.2, 0.25) is 0 Å². The molecule has 0 fully saturated rings. The van der Waals surface area contributed by atoms with Crippen LogP contribution < -0.4 is 5.32 Å². The molecule has 2 aromatic rings. The van der Waals surface area contributed by atoms with Crippen molar-refractivity contribution >= 4 is 17.2 Å². The Hall–Kier alpha value is -1.68. The summed E-state index contributed by atoms with van der Waals surface area (Å²) in [5.74, 6) is 0.0713. The van der Waals surface area contributed by atoms with Crippen molar-refractivity contribution in [2.45, 2.75) is 32.7 Å². The van der Waals surface area contributed by atoms with E-state index in [1.54, 1.807) is 11.3 Å². The second kappa shape index (κ2) is 6.48. The fraction of sp³-hybridized carbons (Fsp3) is 0.333. The predicted octanol–water partition coefficient (Wildman–Crippen LogP) is 3.26. The number of hydrogen-bond donors (Lipinski definition) is 1. The Bertz CT molecular complexity index is 536. The topological polar surface area (TPSA) is 42.0 Å². The molecule has 0 radical (unpaired) electrons. The number of aromatic nitrogens is 1. The van der Waals surface area contributed by atoms with E-state index in [4.69, 9.17) is 0 Å². The number of rotatable bonds is 5. The van der Waals surface area contributed by atoms with Crippen LogP contribution in [-0.4, -0.2) is 10.9 Å². The maximum atomic E-state index is 11.9. The Kier molecular flexibility index (Phi) is 4.68. The lowest BCUT2D eigenvalue weighted by atomic mass is 10.1. The quantitative estimate of drug-likeness (QED) is 0.909. The highest BCUT2D eigenvalue weighted by Gasteiger charge is 2.11. The van der Waals surface area contributed by atoms with Gasteiger partial charge in [-0.1, -0.05) is 30.3 Å². The van der Waals surface area contributed by atoms with E-state index in [0.29, 0.717) is 6.42 Å². The largest absolute Gasteiger partial charge is 0.348 e. The third-order valence-electron chi connectivity index (χ3n) is 2.94. The zero-order valence-corrected chi connectivity index (χ0v) is 12.0. The minimum atomic E-state index is -0.0202. The van der Waals surface area contributed by atoms with Crippen LogP contribution in [0.4, 0.5) is 0 Å². The Labute approximate surface area is 117 Å². The van der Waals surface area contributed by atoms with Gasteiger partial charge in [0.05, 0.1) is 16.7 Å². The van der Waals surface area contributed by atoms with Crippen molar-refractivity contribution in [1.29, 1.82) is 0 Å². The fourth-order valence-electron chi connectivity index (χ4n) is 1.87. The molecule has 0 aliphatic carbocycles. The van der Waals surface area contributed by atoms with Crippen LogP contribution in [0.1, 0.15) is 35.7 Å². The number of hydrogen-bond acceptors (Lipinski definition) is 3. The van der Waals surface area contributed by atoms with Crippen molar-refractivity contribution in [3.63, 3.8) is 0 Å². The molecule has 0 bridgehead atoms. The fourth-order valence-corrected chi connectivity index (χ4v) is 2.58. The van der Waals surface area contributed by atoms with Gasteiger partial charge in [-0.15, -0.1) is 11.3 Å². The van der Waals surface area contributed by atoms with Crippen LogP contribution >= 0.6 is 11.3 Å². The van der Waals surface area contributed by atoms with Gasteiger partial charge in [0.1, 0.15) is 0 Å². The number of benzene rings is 1. The van der Waals surface area contributed by atoms with Gasteiger partial charge in [0.25, 0.3) is 0 Å². The van der Waals surface area contributed by atoms with Crippen LogP contribution in [0.25, 0.3) is 0 Å². The maximum Gasteiger partial charge on any atom is 0.220 e. The number of carbonyl (C=O) groups excluding carboxylic acids is 1. The summed E-state index contributed by atoms with van der Waals surface area (Å²) >= 11 is 1.61. The number of nitrogens with zero attached hydrogens (tertiary/aromatic N) is 1. The van der Waals surface area contributed by atoms with Crippen molar-refractivity contribution in [2.75, 3.05) is 0 Å². The molecule has 0 aliphatic rings. The Balaban J connectivity index is 1.81. The van der Waals surface area contributed by atoms with Crippen molar-refractivity contribution in [2.24, 2.45) is 0 Å². The van der Waals surface area contributed by atoms with Gasteiger partial charge in [0, 0.05) is 11.8 Å². The minimum absolute atomic E-state index is 0.0202. The third kappa shape index (κ3) is 4.17. The molecule has 1 unspecified atom stereocenters. The van der Waals surface area contributed by atoms with Gasteiger partial charge in [-0.3, -0.25) is 4.79 Å². The van der Waals surface area contributed by atoms with E-state index in [0.717, 1.165) is 17.1 Å². The molecular weight excluding hydrogens is 256 g/mol. The van der Waals surface area contributed by atoms with Gasteiger partial charge in [-0.2, -0.15) is 0 Å². The van der Waals surface area contributed by atoms with Gasteiger partial charge in [-0.05, 0) is 25.8 Å². The first-order valence-corrected chi connectivity index (χ1v) is 7.28. The summed E-state index contributed by atoms with van der Waals surface area (Å²) in [6, 6.07) is 10.0. The summed E-state index contributed by atoms with van der Waals surface area (Å²) in [5.41, 5.74) is 2.13. The first-order valence-electron chi connectivity index (χ1n) is 6.40. The van der Waals surface area contributed by atoms with Crippen LogP contribution in [0, 0.1) is 6.92 Å². The summed E-state index contributed by atoms with van der Waals surface area (Å²) in [7, 11) is 0. The highest BCUT2D eigenvalue weighted by atomic mass is 32.1. The van der Waals surface area contributed by atoms with Crippen molar-refractivity contribution in [3.05, 3.63) is 52.0 Å². The third-order valence-corrected chi connectivity index (χ3v) is 3.73. The van der Waals surface area contributed by atoms with Crippen molar-refractivity contribution in [1.82, 2.24) is 10.3 Å². The molecule has 4 heteroatoms. The standard InChI is InChI=1S/C15H18N2OS/c1-11(14-10-19-12(2)17-14)16-15(18)9-8-13-6-4-3-5-7-13/h3-7,10-11H,8-9H2,1-2H3,(H,16,18). The van der Waals surface area contributed by atoms with E-state index >= 15 is 0 Å². The highest BCUT2D eigenvalue weighted by Crippen LogP contribution is 2.15. The number of thiazole rings is 1. The van der Waals surface area contributed by atoms with E-state index in [2.05, 4.69) is 10.3 Å². The summed E-state index contributed by atoms with van der Waals surface area (Å²) < 4.78 is 0. The SMILES string of the molecule is Cc1nc(C(C)NC(=O)CCc2ccccc2)cs1. The van der Waals surface area contributed by atoms with E-state index in [1.165, 1.54) is 5.56 Å². The van der Waals surface area contributed by atoms with Crippen LogP contribution in [0.5, 0.6) is 0 Å². The Morgan fingerprint density at radius 1 is 1.37 bits per heavy atom. The molecule has 100 valence electrons. The normalized spacial score (nSPS) is 12.1. The van der Waals surface area contributed by atoms with Crippen LogP contribution in [-0.2, 0) is 11.2 Å². The maximum absolute atomic E-state index is 11.9. The molecule has 0 aliphatic heterocycles. The molecular formula is C15H18N2OS. The average Bonchev–Trinajstić information content (AvgIpc) is 2.84. The monoisotopic (exact) mass is 274 g/mol. The molecule has 1 aromatic heterocycles. The number of carbonyl (C=O) groups is 1. The first kappa shape index (κ1) is 13.7. The molecule has 1 atom stereocenters. The summed E-state index contributed by atoms with van der Waals surface area (Å²) in [4.78, 5) is 16.3. The molecule has 1 aromatic carbocycles. The van der Waals surface area contributed by atoms with E-state index in [9.17, 15) is 4.79 Å².